The van der Waals surface area contributed by atoms with E-state index in [1.165, 1.54) is 5.56 Å². The van der Waals surface area contributed by atoms with Gasteiger partial charge < -0.3 is 25.4 Å². The first-order chi connectivity index (χ1) is 22.7. The summed E-state index contributed by atoms with van der Waals surface area (Å²) in [5.74, 6) is 0.616. The minimum atomic E-state index is -0.379. The number of rotatable bonds is 10. The summed E-state index contributed by atoms with van der Waals surface area (Å²) in [5.41, 5.74) is 7.85. The van der Waals surface area contributed by atoms with Crippen LogP contribution in [0.2, 0.25) is 10.0 Å². The van der Waals surface area contributed by atoms with Crippen LogP contribution < -0.4 is 20.3 Å². The number of ether oxygens (including phenoxy) is 1. The first-order valence-electron chi connectivity index (χ1n) is 15.9. The highest BCUT2D eigenvalue weighted by Gasteiger charge is 2.23. The lowest BCUT2D eigenvalue weighted by molar-refractivity contribution is -0.119. The number of carbonyl (C=O) groups is 1. The van der Waals surface area contributed by atoms with Gasteiger partial charge in [0, 0.05) is 98.5 Å². The van der Waals surface area contributed by atoms with Gasteiger partial charge in [-0.3, -0.25) is 14.7 Å². The molecule has 1 fully saturated rings. The van der Waals surface area contributed by atoms with E-state index in [1.54, 1.807) is 13.3 Å². The minimum Gasteiger partial charge on any atom is -0.481 e. The number of likely N-dealkylation sites (N-methyl/N-ethyl adjacent to an activating group) is 1. The van der Waals surface area contributed by atoms with Gasteiger partial charge in [-0.2, -0.15) is 0 Å². The number of amides is 1. The van der Waals surface area contributed by atoms with Crippen LogP contribution in [-0.4, -0.2) is 78.4 Å². The number of pyridine rings is 2. The SMILES string of the molecule is COc1nc(-c2cccc(-c3ccnc(-c4ccc5c(c4)N(C)CCN(CC(C)O)C5)c3Cl)c2Cl)ccc1CNCC1CCC(=O)N1. The van der Waals surface area contributed by atoms with Gasteiger partial charge in [0.1, 0.15) is 0 Å². The van der Waals surface area contributed by atoms with Gasteiger partial charge in [0.2, 0.25) is 11.8 Å². The molecule has 11 heteroatoms. The molecule has 0 spiro atoms. The van der Waals surface area contributed by atoms with E-state index in [4.69, 9.17) is 32.9 Å². The second-order valence-corrected chi connectivity index (χ2v) is 13.1. The quantitative estimate of drug-likeness (QED) is 0.194. The van der Waals surface area contributed by atoms with E-state index in [0.29, 0.717) is 53.4 Å². The number of benzene rings is 2. The molecular formula is C36H40Cl2N6O3. The Kier molecular flexibility index (Phi) is 10.3. The number of hydrogen-bond donors (Lipinski definition) is 3. The number of anilines is 1. The van der Waals surface area contributed by atoms with Gasteiger partial charge in [0.15, 0.2) is 0 Å². The summed E-state index contributed by atoms with van der Waals surface area (Å²) in [6.45, 7) is 6.20. The molecule has 0 saturated carbocycles. The molecule has 3 N–H and O–H groups in total. The molecule has 2 atom stereocenters. The number of methoxy groups -OCH3 is 1. The van der Waals surface area contributed by atoms with Crippen LogP contribution in [0.4, 0.5) is 5.69 Å². The Morgan fingerprint density at radius 3 is 2.66 bits per heavy atom. The fraction of sp³-hybridized carbons (Fsp3) is 0.361. The lowest BCUT2D eigenvalue weighted by Gasteiger charge is -2.21. The molecule has 9 nitrogen and oxygen atoms in total. The molecular weight excluding hydrogens is 635 g/mol. The first kappa shape index (κ1) is 33.2. The summed E-state index contributed by atoms with van der Waals surface area (Å²) in [5, 5.41) is 17.4. The van der Waals surface area contributed by atoms with Crippen molar-refractivity contribution in [3.8, 4) is 39.5 Å². The van der Waals surface area contributed by atoms with Crippen molar-refractivity contribution in [3.05, 3.63) is 82.0 Å². The number of halogens is 2. The van der Waals surface area contributed by atoms with Gasteiger partial charge in [-0.25, -0.2) is 4.98 Å². The van der Waals surface area contributed by atoms with Crippen molar-refractivity contribution >= 4 is 34.8 Å². The number of hydrogen-bond acceptors (Lipinski definition) is 8. The molecule has 4 aromatic rings. The second kappa shape index (κ2) is 14.6. The van der Waals surface area contributed by atoms with E-state index in [2.05, 4.69) is 50.7 Å². The van der Waals surface area contributed by atoms with Crippen LogP contribution in [0.1, 0.15) is 30.9 Å². The maximum absolute atomic E-state index is 11.5. The molecule has 2 aliphatic rings. The molecule has 246 valence electrons. The van der Waals surface area contributed by atoms with Crippen molar-refractivity contribution in [2.75, 3.05) is 45.2 Å². The summed E-state index contributed by atoms with van der Waals surface area (Å²) in [7, 11) is 3.70. The number of nitrogens with one attached hydrogen (secondary N) is 2. The third-order valence-corrected chi connectivity index (χ3v) is 9.61. The highest BCUT2D eigenvalue weighted by molar-refractivity contribution is 6.39. The number of nitrogens with zero attached hydrogens (tertiary/aromatic N) is 4. The molecule has 4 heterocycles. The number of aliphatic hydroxyl groups excluding tert-OH is 1. The summed E-state index contributed by atoms with van der Waals surface area (Å²) in [6.07, 6.45) is 2.80. The molecule has 6 rings (SSSR count). The van der Waals surface area contributed by atoms with Gasteiger partial charge in [-0.05, 0) is 37.1 Å². The van der Waals surface area contributed by atoms with Crippen molar-refractivity contribution in [2.24, 2.45) is 0 Å². The van der Waals surface area contributed by atoms with E-state index in [1.807, 2.05) is 43.3 Å². The van der Waals surface area contributed by atoms with Crippen molar-refractivity contribution in [2.45, 2.75) is 45.0 Å². The summed E-state index contributed by atoms with van der Waals surface area (Å²) in [4.78, 5) is 25.5. The van der Waals surface area contributed by atoms with Crippen molar-refractivity contribution in [3.63, 3.8) is 0 Å². The van der Waals surface area contributed by atoms with Crippen LogP contribution in [0, 0.1) is 0 Å². The minimum absolute atomic E-state index is 0.104. The fourth-order valence-corrected chi connectivity index (χ4v) is 7.04. The van der Waals surface area contributed by atoms with Gasteiger partial charge in [0.05, 0.1) is 34.6 Å². The number of aliphatic hydroxyl groups is 1. The van der Waals surface area contributed by atoms with Crippen LogP contribution >= 0.6 is 23.2 Å². The predicted octanol–water partition coefficient (Wildman–Crippen LogP) is 5.79. The third-order valence-electron chi connectivity index (χ3n) is 8.82. The number of β-amino-alcohol motifs (C(OH)–C–C–N with tert-alkyl or cyclic N) is 1. The second-order valence-electron chi connectivity index (χ2n) is 12.3. The molecule has 2 aromatic carbocycles. The van der Waals surface area contributed by atoms with E-state index in [-0.39, 0.29) is 18.1 Å². The molecule has 2 unspecified atom stereocenters. The Morgan fingerprint density at radius 1 is 1.09 bits per heavy atom. The van der Waals surface area contributed by atoms with Gasteiger partial charge in [-0.1, -0.05) is 59.6 Å². The van der Waals surface area contributed by atoms with Crippen LogP contribution in [-0.2, 0) is 17.9 Å². The maximum Gasteiger partial charge on any atom is 0.220 e. The molecule has 2 aromatic heterocycles. The molecule has 1 saturated heterocycles. The number of fused-ring (bicyclic) bond motifs is 1. The largest absolute Gasteiger partial charge is 0.481 e. The first-order valence-corrected chi connectivity index (χ1v) is 16.7. The lowest BCUT2D eigenvalue weighted by Crippen LogP contribution is -2.35. The summed E-state index contributed by atoms with van der Waals surface area (Å²) >= 11 is 14.2. The molecule has 47 heavy (non-hydrogen) atoms. The predicted molar refractivity (Wildman–Crippen MR) is 188 cm³/mol. The van der Waals surface area contributed by atoms with E-state index in [0.717, 1.165) is 59.6 Å². The molecule has 2 aliphatic heterocycles. The van der Waals surface area contributed by atoms with Crippen molar-refractivity contribution < 1.29 is 14.6 Å². The van der Waals surface area contributed by atoms with Crippen LogP contribution in [0.3, 0.4) is 0 Å². The average Bonchev–Trinajstić information content (AvgIpc) is 3.41. The zero-order valence-electron chi connectivity index (χ0n) is 26.9. The van der Waals surface area contributed by atoms with E-state index in [9.17, 15) is 9.90 Å². The maximum atomic E-state index is 11.5. The molecule has 0 bridgehead atoms. The number of aromatic nitrogens is 2. The Hall–Kier alpha value is -3.73. The third kappa shape index (κ3) is 7.40. The summed E-state index contributed by atoms with van der Waals surface area (Å²) in [6, 6.07) is 18.1. The van der Waals surface area contributed by atoms with Gasteiger partial charge in [0.25, 0.3) is 0 Å². The highest BCUT2D eigenvalue weighted by atomic mass is 35.5. The van der Waals surface area contributed by atoms with Crippen molar-refractivity contribution in [1.29, 1.82) is 0 Å². The zero-order chi connectivity index (χ0) is 33.1. The topological polar surface area (TPSA) is 103 Å². The zero-order valence-corrected chi connectivity index (χ0v) is 28.4. The lowest BCUT2D eigenvalue weighted by atomic mass is 9.98. The summed E-state index contributed by atoms with van der Waals surface area (Å²) < 4.78 is 5.65. The fourth-order valence-electron chi connectivity index (χ4n) is 6.39. The molecule has 0 radical (unpaired) electrons. The molecule has 1 amide bonds. The Labute approximate surface area is 285 Å². The Bertz CT molecular complexity index is 1770. The Morgan fingerprint density at radius 2 is 1.89 bits per heavy atom. The van der Waals surface area contributed by atoms with Gasteiger partial charge in [-0.15, -0.1) is 0 Å². The van der Waals surface area contributed by atoms with Gasteiger partial charge >= 0.3 is 0 Å². The smallest absolute Gasteiger partial charge is 0.220 e. The normalized spacial score (nSPS) is 17.3. The average molecular weight is 676 g/mol. The monoisotopic (exact) mass is 674 g/mol. The molecule has 0 aliphatic carbocycles. The number of carbonyl (C=O) groups excluding carboxylic acids is 1. The van der Waals surface area contributed by atoms with E-state index < -0.39 is 0 Å². The van der Waals surface area contributed by atoms with Crippen LogP contribution in [0.15, 0.2) is 60.8 Å². The Balaban J connectivity index is 1.26. The van der Waals surface area contributed by atoms with E-state index >= 15 is 0 Å². The van der Waals surface area contributed by atoms with Crippen molar-refractivity contribution in [1.82, 2.24) is 25.5 Å². The standard InChI is InChI=1S/C36H40Cl2N6O3/c1-22(45)20-44-16-15-43(2)31-17-23(7-8-25(31)21-44)35-34(38)28(13-14-40-35)27-5-4-6-29(33(27)37)30-11-9-24(36(42-30)47-3)18-39-19-26-10-12-32(46)41-26/h4-9,11,13-14,17,22,26,39,45H,10,12,15-16,18-21H2,1-3H3,(H,41,46). The highest BCUT2D eigenvalue weighted by Crippen LogP contribution is 2.42. The van der Waals surface area contributed by atoms with Crippen LogP contribution in [0.25, 0.3) is 33.6 Å². The van der Waals surface area contributed by atoms with Crippen LogP contribution in [0.5, 0.6) is 5.88 Å².